The highest BCUT2D eigenvalue weighted by atomic mass is 16.5. The maximum absolute atomic E-state index is 12.3. The molecule has 1 aliphatic rings. The van der Waals surface area contributed by atoms with E-state index in [4.69, 9.17) is 9.47 Å². The Morgan fingerprint density at radius 2 is 1.69 bits per heavy atom. The van der Waals surface area contributed by atoms with Crippen molar-refractivity contribution < 1.29 is 14.3 Å². The fourth-order valence-corrected chi connectivity index (χ4v) is 4.31. The molecule has 0 spiro atoms. The van der Waals surface area contributed by atoms with Gasteiger partial charge in [0.05, 0.1) is 14.2 Å². The van der Waals surface area contributed by atoms with Crippen LogP contribution in [0.1, 0.15) is 37.3 Å². The molecular weight excluding hydrogens is 362 g/mol. The Kier molecular flexibility index (Phi) is 7.70. The number of hydrogen-bond acceptors (Lipinski definition) is 4. The molecule has 1 unspecified atom stereocenters. The van der Waals surface area contributed by atoms with E-state index in [-0.39, 0.29) is 11.7 Å². The fraction of sp³-hybridized carbons (Fsp3) is 0.480. The Morgan fingerprint density at radius 3 is 2.31 bits per heavy atom. The molecule has 0 saturated carbocycles. The standard InChI is InChI=1S/C25H33NO3/c1-19(27)23(16-22-9-10-24(28-2)25(17-22)29-3)15-20-11-13-26(14-12-20)18-21-7-5-4-6-8-21/h4-10,17,20,23H,11-16,18H2,1-3H3. The summed E-state index contributed by atoms with van der Waals surface area (Å²) in [6.07, 6.45) is 4.08. The Labute approximate surface area is 174 Å². The predicted octanol–water partition coefficient (Wildman–Crippen LogP) is 4.75. The molecule has 0 aliphatic carbocycles. The number of carbonyl (C=O) groups is 1. The number of hydrogen-bond donors (Lipinski definition) is 0. The molecule has 1 atom stereocenters. The first-order valence-electron chi connectivity index (χ1n) is 10.6. The topological polar surface area (TPSA) is 38.8 Å². The lowest BCUT2D eigenvalue weighted by atomic mass is 9.82. The average Bonchev–Trinajstić information content (AvgIpc) is 2.75. The zero-order chi connectivity index (χ0) is 20.6. The van der Waals surface area contributed by atoms with Gasteiger partial charge < -0.3 is 9.47 Å². The molecule has 4 nitrogen and oxygen atoms in total. The highest BCUT2D eigenvalue weighted by Crippen LogP contribution is 2.31. The summed E-state index contributed by atoms with van der Waals surface area (Å²) in [5.41, 5.74) is 2.50. The number of nitrogens with zero attached hydrogens (tertiary/aromatic N) is 1. The van der Waals surface area contributed by atoms with Crippen molar-refractivity contribution in [3.8, 4) is 11.5 Å². The van der Waals surface area contributed by atoms with E-state index >= 15 is 0 Å². The van der Waals surface area contributed by atoms with Gasteiger partial charge in [-0.25, -0.2) is 0 Å². The van der Waals surface area contributed by atoms with Gasteiger partial charge in [0.1, 0.15) is 5.78 Å². The van der Waals surface area contributed by atoms with Gasteiger partial charge in [-0.1, -0.05) is 36.4 Å². The third-order valence-electron chi connectivity index (χ3n) is 6.08. The average molecular weight is 396 g/mol. The van der Waals surface area contributed by atoms with E-state index in [9.17, 15) is 4.79 Å². The molecule has 1 aliphatic heterocycles. The normalized spacial score (nSPS) is 16.4. The van der Waals surface area contributed by atoms with Crippen molar-refractivity contribution >= 4 is 5.78 Å². The summed E-state index contributed by atoms with van der Waals surface area (Å²) in [5, 5.41) is 0. The molecule has 0 radical (unpaired) electrons. The second kappa shape index (κ2) is 10.4. The number of rotatable bonds is 9. The lowest BCUT2D eigenvalue weighted by Gasteiger charge is -2.33. The molecule has 156 valence electrons. The molecular formula is C25H33NO3. The first-order valence-corrected chi connectivity index (χ1v) is 10.6. The zero-order valence-corrected chi connectivity index (χ0v) is 17.9. The molecule has 29 heavy (non-hydrogen) atoms. The van der Waals surface area contributed by atoms with E-state index in [2.05, 4.69) is 35.2 Å². The Balaban J connectivity index is 1.54. The molecule has 3 rings (SSSR count). The van der Waals surface area contributed by atoms with Gasteiger partial charge in [0.2, 0.25) is 0 Å². The molecule has 0 amide bonds. The van der Waals surface area contributed by atoms with Crippen molar-refractivity contribution in [2.75, 3.05) is 27.3 Å². The number of Topliss-reactive ketones (excluding diaryl/α,β-unsaturated/α-hetero) is 1. The van der Waals surface area contributed by atoms with Gasteiger partial charge in [0, 0.05) is 12.5 Å². The molecule has 1 heterocycles. The predicted molar refractivity (Wildman–Crippen MR) is 116 cm³/mol. The van der Waals surface area contributed by atoms with Gasteiger partial charge in [0.25, 0.3) is 0 Å². The van der Waals surface area contributed by atoms with Crippen molar-refractivity contribution in [3.05, 3.63) is 59.7 Å². The molecule has 2 aromatic rings. The van der Waals surface area contributed by atoms with E-state index in [1.54, 1.807) is 21.1 Å². The van der Waals surface area contributed by atoms with E-state index in [1.165, 1.54) is 18.4 Å². The largest absolute Gasteiger partial charge is 0.493 e. The minimum Gasteiger partial charge on any atom is -0.493 e. The highest BCUT2D eigenvalue weighted by molar-refractivity contribution is 5.78. The van der Waals surface area contributed by atoms with Crippen LogP contribution in [-0.4, -0.2) is 38.0 Å². The number of ketones is 1. The quantitative estimate of drug-likeness (QED) is 0.614. The molecule has 0 N–H and O–H groups in total. The summed E-state index contributed by atoms with van der Waals surface area (Å²) in [4.78, 5) is 14.9. The molecule has 4 heteroatoms. The smallest absolute Gasteiger partial charge is 0.160 e. The lowest BCUT2D eigenvalue weighted by Crippen LogP contribution is -2.34. The van der Waals surface area contributed by atoms with Gasteiger partial charge in [-0.05, 0) is 74.9 Å². The number of piperidine rings is 1. The SMILES string of the molecule is COc1ccc(CC(CC2CCN(Cc3ccccc3)CC2)C(C)=O)cc1OC. The number of methoxy groups -OCH3 is 2. The number of ether oxygens (including phenoxy) is 2. The molecule has 1 fully saturated rings. The lowest BCUT2D eigenvalue weighted by molar-refractivity contribution is -0.121. The minimum atomic E-state index is 0.0683. The van der Waals surface area contributed by atoms with Crippen LogP contribution in [-0.2, 0) is 17.8 Å². The second-order valence-electron chi connectivity index (χ2n) is 8.14. The number of carbonyl (C=O) groups excluding carboxylic acids is 1. The first-order chi connectivity index (χ1) is 14.1. The van der Waals surface area contributed by atoms with Crippen LogP contribution in [0.15, 0.2) is 48.5 Å². The zero-order valence-electron chi connectivity index (χ0n) is 17.9. The summed E-state index contributed by atoms with van der Waals surface area (Å²) in [6, 6.07) is 16.6. The van der Waals surface area contributed by atoms with Crippen molar-refractivity contribution in [2.24, 2.45) is 11.8 Å². The molecule has 2 aromatic carbocycles. The summed E-state index contributed by atoms with van der Waals surface area (Å²) in [5.74, 6) is 2.42. The van der Waals surface area contributed by atoms with E-state index in [0.29, 0.717) is 5.92 Å². The molecule has 0 aromatic heterocycles. The maximum atomic E-state index is 12.3. The van der Waals surface area contributed by atoms with Crippen LogP contribution in [0.5, 0.6) is 11.5 Å². The summed E-state index contributed by atoms with van der Waals surface area (Å²) in [6.45, 7) is 4.98. The van der Waals surface area contributed by atoms with Crippen LogP contribution in [0.2, 0.25) is 0 Å². The Morgan fingerprint density at radius 1 is 1.00 bits per heavy atom. The van der Waals surface area contributed by atoms with Gasteiger partial charge in [-0.2, -0.15) is 0 Å². The van der Waals surface area contributed by atoms with E-state index < -0.39 is 0 Å². The van der Waals surface area contributed by atoms with Crippen molar-refractivity contribution in [1.29, 1.82) is 0 Å². The highest BCUT2D eigenvalue weighted by Gasteiger charge is 2.25. The fourth-order valence-electron chi connectivity index (χ4n) is 4.31. The Hall–Kier alpha value is -2.33. The van der Waals surface area contributed by atoms with Crippen LogP contribution in [0, 0.1) is 11.8 Å². The first kappa shape index (κ1) is 21.4. The van der Waals surface area contributed by atoms with Gasteiger partial charge in [-0.3, -0.25) is 9.69 Å². The van der Waals surface area contributed by atoms with Crippen LogP contribution >= 0.6 is 0 Å². The third-order valence-corrected chi connectivity index (χ3v) is 6.08. The van der Waals surface area contributed by atoms with Crippen molar-refractivity contribution in [3.63, 3.8) is 0 Å². The summed E-state index contributed by atoms with van der Waals surface area (Å²) >= 11 is 0. The number of benzene rings is 2. The van der Waals surface area contributed by atoms with Gasteiger partial charge in [-0.15, -0.1) is 0 Å². The van der Waals surface area contributed by atoms with E-state index in [0.717, 1.165) is 49.5 Å². The van der Waals surface area contributed by atoms with Gasteiger partial charge >= 0.3 is 0 Å². The second-order valence-corrected chi connectivity index (χ2v) is 8.14. The summed E-state index contributed by atoms with van der Waals surface area (Å²) in [7, 11) is 3.29. The maximum Gasteiger partial charge on any atom is 0.160 e. The van der Waals surface area contributed by atoms with Crippen LogP contribution in [0.25, 0.3) is 0 Å². The minimum absolute atomic E-state index is 0.0683. The Bertz CT molecular complexity index is 782. The number of likely N-dealkylation sites (tertiary alicyclic amines) is 1. The molecule has 1 saturated heterocycles. The monoisotopic (exact) mass is 395 g/mol. The molecule has 0 bridgehead atoms. The van der Waals surface area contributed by atoms with Crippen LogP contribution in [0.4, 0.5) is 0 Å². The van der Waals surface area contributed by atoms with Crippen molar-refractivity contribution in [1.82, 2.24) is 4.90 Å². The van der Waals surface area contributed by atoms with Crippen LogP contribution < -0.4 is 9.47 Å². The van der Waals surface area contributed by atoms with E-state index in [1.807, 2.05) is 18.2 Å². The van der Waals surface area contributed by atoms with Crippen molar-refractivity contribution in [2.45, 2.75) is 39.2 Å². The van der Waals surface area contributed by atoms with Crippen LogP contribution in [0.3, 0.4) is 0 Å². The van der Waals surface area contributed by atoms with Gasteiger partial charge in [0.15, 0.2) is 11.5 Å². The summed E-state index contributed by atoms with van der Waals surface area (Å²) < 4.78 is 10.7. The third kappa shape index (κ3) is 6.07.